The number of esters is 2. The van der Waals surface area contributed by atoms with Crippen molar-refractivity contribution in [2.45, 2.75) is 71.2 Å². The van der Waals surface area contributed by atoms with Crippen molar-refractivity contribution in [2.75, 3.05) is 19.8 Å². The van der Waals surface area contributed by atoms with Gasteiger partial charge in [-0.15, -0.1) is 0 Å². The lowest BCUT2D eigenvalue weighted by molar-refractivity contribution is -0.170. The van der Waals surface area contributed by atoms with Crippen LogP contribution in [0.4, 0.5) is 0 Å². The quantitative estimate of drug-likeness (QED) is 0.671. The van der Waals surface area contributed by atoms with Gasteiger partial charge in [0, 0.05) is 0 Å². The highest BCUT2D eigenvalue weighted by Crippen LogP contribution is 2.24. The van der Waals surface area contributed by atoms with E-state index in [1.165, 1.54) is 0 Å². The molecule has 0 heterocycles. The molecule has 128 valence electrons. The summed E-state index contributed by atoms with van der Waals surface area (Å²) in [6.07, 6.45) is 3.32. The molecule has 1 rings (SSSR count). The van der Waals surface area contributed by atoms with Crippen LogP contribution in [0.2, 0.25) is 0 Å². The maximum atomic E-state index is 11.7. The van der Waals surface area contributed by atoms with E-state index in [0.717, 1.165) is 25.7 Å². The van der Waals surface area contributed by atoms with Crippen molar-refractivity contribution in [3.8, 4) is 0 Å². The van der Waals surface area contributed by atoms with Crippen LogP contribution in [0.15, 0.2) is 0 Å². The zero-order valence-corrected chi connectivity index (χ0v) is 14.1. The molecule has 0 aromatic carbocycles. The summed E-state index contributed by atoms with van der Waals surface area (Å²) in [5, 5.41) is 0. The van der Waals surface area contributed by atoms with E-state index in [-0.39, 0.29) is 37.4 Å². The Morgan fingerprint density at radius 3 is 1.91 bits per heavy atom. The van der Waals surface area contributed by atoms with Gasteiger partial charge in [-0.25, -0.2) is 9.59 Å². The summed E-state index contributed by atoms with van der Waals surface area (Å²) in [5.41, 5.74) is -0.521. The zero-order valence-electron chi connectivity index (χ0n) is 14.1. The molecule has 0 aromatic rings. The zero-order chi connectivity index (χ0) is 16.6. The summed E-state index contributed by atoms with van der Waals surface area (Å²) < 4.78 is 21.3. The summed E-state index contributed by atoms with van der Waals surface area (Å²) in [7, 11) is 0. The first-order valence-corrected chi connectivity index (χ1v) is 7.92. The molecule has 1 fully saturated rings. The molecule has 22 heavy (non-hydrogen) atoms. The molecule has 6 heteroatoms. The average molecular weight is 316 g/mol. The maximum Gasteiger partial charge on any atom is 0.332 e. The van der Waals surface area contributed by atoms with Crippen molar-refractivity contribution in [1.29, 1.82) is 0 Å². The van der Waals surface area contributed by atoms with E-state index < -0.39 is 5.60 Å². The van der Waals surface area contributed by atoms with E-state index in [4.69, 9.17) is 18.9 Å². The van der Waals surface area contributed by atoms with Crippen LogP contribution in [-0.2, 0) is 28.5 Å². The highest BCUT2D eigenvalue weighted by atomic mass is 16.6. The summed E-state index contributed by atoms with van der Waals surface area (Å²) in [6.45, 7) is 7.37. The Hall–Kier alpha value is -1.14. The smallest absolute Gasteiger partial charge is 0.332 e. The molecule has 0 saturated heterocycles. The van der Waals surface area contributed by atoms with Gasteiger partial charge in [0.05, 0.1) is 18.8 Å². The minimum Gasteiger partial charge on any atom is -0.464 e. The highest BCUT2D eigenvalue weighted by Gasteiger charge is 2.28. The van der Waals surface area contributed by atoms with Crippen LogP contribution >= 0.6 is 0 Å². The molecule has 1 saturated carbocycles. The number of carbonyl (C=O) groups is 2. The number of ether oxygens (including phenoxy) is 4. The van der Waals surface area contributed by atoms with Gasteiger partial charge in [0.15, 0.2) is 0 Å². The second-order valence-corrected chi connectivity index (χ2v) is 6.37. The van der Waals surface area contributed by atoms with Crippen molar-refractivity contribution in [3.05, 3.63) is 0 Å². The monoisotopic (exact) mass is 316 g/mol. The fourth-order valence-corrected chi connectivity index (χ4v) is 2.37. The lowest BCUT2D eigenvalue weighted by atomic mass is 9.94. The molecular formula is C16H28O6. The average Bonchev–Trinajstić information content (AvgIpc) is 2.42. The topological polar surface area (TPSA) is 71.1 Å². The number of hydrogen-bond acceptors (Lipinski definition) is 6. The van der Waals surface area contributed by atoms with Gasteiger partial charge >= 0.3 is 11.9 Å². The van der Waals surface area contributed by atoms with Crippen molar-refractivity contribution in [1.82, 2.24) is 0 Å². The van der Waals surface area contributed by atoms with E-state index in [9.17, 15) is 9.59 Å². The molecule has 2 atom stereocenters. The molecular weight excluding hydrogens is 288 g/mol. The lowest BCUT2D eigenvalue weighted by Gasteiger charge is -2.31. The molecule has 0 spiro atoms. The highest BCUT2D eigenvalue weighted by molar-refractivity contribution is 5.71. The van der Waals surface area contributed by atoms with Gasteiger partial charge in [0.2, 0.25) is 0 Å². The summed E-state index contributed by atoms with van der Waals surface area (Å²) >= 11 is 0. The Morgan fingerprint density at radius 1 is 0.955 bits per heavy atom. The van der Waals surface area contributed by atoms with Gasteiger partial charge in [-0.2, -0.15) is 0 Å². The molecule has 0 aromatic heterocycles. The first kappa shape index (κ1) is 18.9. The first-order valence-electron chi connectivity index (χ1n) is 7.92. The van der Waals surface area contributed by atoms with Gasteiger partial charge in [0.25, 0.3) is 0 Å². The third-order valence-corrected chi connectivity index (χ3v) is 3.20. The molecule has 0 amide bonds. The van der Waals surface area contributed by atoms with E-state index in [2.05, 4.69) is 0 Å². The fourth-order valence-electron chi connectivity index (χ4n) is 2.37. The minimum atomic E-state index is -0.521. The minimum absolute atomic E-state index is 0.0786. The maximum absolute atomic E-state index is 11.7. The molecule has 2 unspecified atom stereocenters. The molecule has 1 aliphatic carbocycles. The molecule has 1 aliphatic rings. The van der Waals surface area contributed by atoms with Crippen molar-refractivity contribution < 1.29 is 28.5 Å². The first-order chi connectivity index (χ1) is 10.3. The fraction of sp³-hybridized carbons (Fsp3) is 0.875. The van der Waals surface area contributed by atoms with Gasteiger partial charge < -0.3 is 18.9 Å². The van der Waals surface area contributed by atoms with E-state index in [0.29, 0.717) is 6.61 Å². The van der Waals surface area contributed by atoms with Crippen LogP contribution in [0.25, 0.3) is 0 Å². The predicted octanol–water partition coefficient (Wildman–Crippen LogP) is 2.24. The largest absolute Gasteiger partial charge is 0.464 e. The van der Waals surface area contributed by atoms with Gasteiger partial charge in [-0.05, 0) is 40.5 Å². The lowest BCUT2D eigenvalue weighted by Crippen LogP contribution is -2.38. The van der Waals surface area contributed by atoms with Crippen LogP contribution in [0.3, 0.4) is 0 Å². The third kappa shape index (κ3) is 7.75. The van der Waals surface area contributed by atoms with Gasteiger partial charge in [-0.1, -0.05) is 12.8 Å². The standard InChI is InChI=1S/C16H28O6/c1-5-19-14(17)10-20-12-8-6-7-9-13(12)21-11-15(18)22-16(2,3)4/h12-13H,5-11H2,1-4H3. The van der Waals surface area contributed by atoms with Crippen LogP contribution < -0.4 is 0 Å². The third-order valence-electron chi connectivity index (χ3n) is 3.20. The Morgan fingerprint density at radius 2 is 1.45 bits per heavy atom. The number of carbonyl (C=O) groups excluding carboxylic acids is 2. The van der Waals surface area contributed by atoms with E-state index in [1.807, 2.05) is 20.8 Å². The molecule has 6 nitrogen and oxygen atoms in total. The Balaban J connectivity index is 2.38. The van der Waals surface area contributed by atoms with Gasteiger partial charge in [0.1, 0.15) is 18.8 Å². The van der Waals surface area contributed by atoms with Crippen molar-refractivity contribution in [3.63, 3.8) is 0 Å². The number of rotatable bonds is 7. The molecule has 0 bridgehead atoms. The Kier molecular flexibility index (Phi) is 7.82. The second-order valence-electron chi connectivity index (χ2n) is 6.37. The van der Waals surface area contributed by atoms with Crippen LogP contribution in [0.5, 0.6) is 0 Å². The predicted molar refractivity (Wildman–Crippen MR) is 80.4 cm³/mol. The summed E-state index contributed by atoms with van der Waals surface area (Å²) in [4.78, 5) is 23.1. The Bertz CT molecular complexity index is 360. The Labute approximate surface area is 132 Å². The van der Waals surface area contributed by atoms with Crippen LogP contribution in [0.1, 0.15) is 53.4 Å². The number of hydrogen-bond donors (Lipinski definition) is 0. The molecule has 0 radical (unpaired) electrons. The second kappa shape index (κ2) is 9.10. The van der Waals surface area contributed by atoms with Crippen molar-refractivity contribution >= 4 is 11.9 Å². The molecule has 0 N–H and O–H groups in total. The van der Waals surface area contributed by atoms with Crippen LogP contribution in [0, 0.1) is 0 Å². The molecule has 0 aliphatic heterocycles. The van der Waals surface area contributed by atoms with Gasteiger partial charge in [-0.3, -0.25) is 0 Å². The normalized spacial score (nSPS) is 22.2. The van der Waals surface area contributed by atoms with E-state index in [1.54, 1.807) is 6.92 Å². The summed E-state index contributed by atoms with van der Waals surface area (Å²) in [6, 6.07) is 0. The summed E-state index contributed by atoms with van der Waals surface area (Å²) in [5.74, 6) is -0.763. The van der Waals surface area contributed by atoms with E-state index >= 15 is 0 Å². The van der Waals surface area contributed by atoms with Crippen LogP contribution in [-0.4, -0.2) is 49.6 Å². The van der Waals surface area contributed by atoms with Crippen molar-refractivity contribution in [2.24, 2.45) is 0 Å². The SMILES string of the molecule is CCOC(=O)COC1CCCCC1OCC(=O)OC(C)(C)C.